The van der Waals surface area contributed by atoms with Crippen molar-refractivity contribution in [1.82, 2.24) is 0 Å². The van der Waals surface area contributed by atoms with Crippen molar-refractivity contribution in [2.75, 3.05) is 6.54 Å². The predicted octanol–water partition coefficient (Wildman–Crippen LogP) is 3.81. The molecule has 0 saturated carbocycles. The molecule has 106 valence electrons. The van der Waals surface area contributed by atoms with Gasteiger partial charge in [-0.2, -0.15) is 0 Å². The summed E-state index contributed by atoms with van der Waals surface area (Å²) in [5.41, 5.74) is 7.15. The molecule has 2 rings (SSSR count). The molecule has 0 radical (unpaired) electrons. The van der Waals surface area contributed by atoms with Gasteiger partial charge in [0.2, 0.25) is 0 Å². The summed E-state index contributed by atoms with van der Waals surface area (Å²) >= 11 is 6.22. The summed E-state index contributed by atoms with van der Waals surface area (Å²) in [6, 6.07) is 8.03. The van der Waals surface area contributed by atoms with Crippen LogP contribution in [0.1, 0.15) is 38.7 Å². The zero-order valence-corrected chi connectivity index (χ0v) is 12.6. The third-order valence-corrected chi connectivity index (χ3v) is 4.32. The van der Waals surface area contributed by atoms with Crippen molar-refractivity contribution in [2.45, 2.75) is 51.2 Å². The molecule has 1 saturated heterocycles. The Kier molecular flexibility index (Phi) is 4.88. The molecule has 1 aliphatic heterocycles. The zero-order chi connectivity index (χ0) is 13.9. The summed E-state index contributed by atoms with van der Waals surface area (Å²) < 4.78 is 6.06. The first-order valence-electron chi connectivity index (χ1n) is 7.11. The normalized spacial score (nSPS) is 23.5. The van der Waals surface area contributed by atoms with Crippen LogP contribution in [0.4, 0.5) is 0 Å². The average molecular weight is 282 g/mol. The van der Waals surface area contributed by atoms with Crippen LogP contribution in [-0.2, 0) is 11.2 Å². The van der Waals surface area contributed by atoms with Gasteiger partial charge in [0.05, 0.1) is 11.7 Å². The standard InChI is InChI=1S/C16H24ClNO/c1-16(2)8-7-14(19-16)10-12(11-18)9-13-5-3-4-6-15(13)17/h3-6,12,14H,7-11,18H2,1-2H3. The van der Waals surface area contributed by atoms with E-state index in [1.54, 1.807) is 0 Å². The van der Waals surface area contributed by atoms with E-state index in [2.05, 4.69) is 19.9 Å². The van der Waals surface area contributed by atoms with Gasteiger partial charge in [-0.25, -0.2) is 0 Å². The molecule has 0 bridgehead atoms. The van der Waals surface area contributed by atoms with Crippen molar-refractivity contribution >= 4 is 11.6 Å². The van der Waals surface area contributed by atoms with Crippen molar-refractivity contribution < 1.29 is 4.74 Å². The molecule has 2 N–H and O–H groups in total. The minimum absolute atomic E-state index is 0.0359. The van der Waals surface area contributed by atoms with Crippen molar-refractivity contribution in [1.29, 1.82) is 0 Å². The van der Waals surface area contributed by atoms with Crippen LogP contribution in [0.5, 0.6) is 0 Å². The monoisotopic (exact) mass is 281 g/mol. The third-order valence-electron chi connectivity index (χ3n) is 3.95. The number of hydrogen-bond donors (Lipinski definition) is 1. The highest BCUT2D eigenvalue weighted by Gasteiger charge is 2.32. The molecule has 2 nitrogen and oxygen atoms in total. The fraction of sp³-hybridized carbons (Fsp3) is 0.625. The topological polar surface area (TPSA) is 35.2 Å². The second-order valence-electron chi connectivity index (χ2n) is 6.17. The van der Waals surface area contributed by atoms with Gasteiger partial charge < -0.3 is 10.5 Å². The van der Waals surface area contributed by atoms with Crippen LogP contribution in [0.15, 0.2) is 24.3 Å². The first-order chi connectivity index (χ1) is 9.00. The van der Waals surface area contributed by atoms with Crippen molar-refractivity contribution in [3.8, 4) is 0 Å². The summed E-state index contributed by atoms with van der Waals surface area (Å²) in [4.78, 5) is 0. The second kappa shape index (κ2) is 6.25. The molecule has 2 unspecified atom stereocenters. The van der Waals surface area contributed by atoms with Gasteiger partial charge in [0.25, 0.3) is 0 Å². The van der Waals surface area contributed by atoms with Gasteiger partial charge in [0.1, 0.15) is 0 Å². The van der Waals surface area contributed by atoms with Crippen LogP contribution in [0.25, 0.3) is 0 Å². The summed E-state index contributed by atoms with van der Waals surface area (Å²) in [5.74, 6) is 0.443. The van der Waals surface area contributed by atoms with Gasteiger partial charge >= 0.3 is 0 Å². The number of ether oxygens (including phenoxy) is 1. The maximum absolute atomic E-state index is 6.22. The van der Waals surface area contributed by atoms with Crippen LogP contribution in [-0.4, -0.2) is 18.2 Å². The number of nitrogens with two attached hydrogens (primary N) is 1. The minimum Gasteiger partial charge on any atom is -0.372 e. The lowest BCUT2D eigenvalue weighted by atomic mass is 9.92. The van der Waals surface area contributed by atoms with E-state index in [1.165, 1.54) is 5.56 Å². The smallest absolute Gasteiger partial charge is 0.0631 e. The molecule has 1 aromatic rings. The number of halogens is 1. The maximum atomic E-state index is 6.22. The summed E-state index contributed by atoms with van der Waals surface area (Å²) in [7, 11) is 0. The molecule has 0 aromatic heterocycles. The van der Waals surface area contributed by atoms with Crippen LogP contribution >= 0.6 is 11.6 Å². The molecule has 19 heavy (non-hydrogen) atoms. The fourth-order valence-corrected chi connectivity index (χ4v) is 3.07. The minimum atomic E-state index is 0.0359. The van der Waals surface area contributed by atoms with E-state index in [1.807, 2.05) is 18.2 Å². The van der Waals surface area contributed by atoms with E-state index in [9.17, 15) is 0 Å². The summed E-state index contributed by atoms with van der Waals surface area (Å²) in [5, 5.41) is 0.841. The quantitative estimate of drug-likeness (QED) is 0.891. The third kappa shape index (κ3) is 4.20. The summed E-state index contributed by atoms with van der Waals surface area (Å²) in [6.45, 7) is 5.02. The average Bonchev–Trinajstić information content (AvgIpc) is 2.70. The Morgan fingerprint density at radius 3 is 2.74 bits per heavy atom. The highest BCUT2D eigenvalue weighted by atomic mass is 35.5. The molecule has 2 atom stereocenters. The van der Waals surface area contributed by atoms with E-state index in [-0.39, 0.29) is 5.60 Å². The van der Waals surface area contributed by atoms with Crippen molar-refractivity contribution in [3.05, 3.63) is 34.9 Å². The molecular weight excluding hydrogens is 258 g/mol. The molecule has 1 fully saturated rings. The van der Waals surface area contributed by atoms with E-state index in [0.29, 0.717) is 18.6 Å². The molecule has 1 heterocycles. The Bertz CT molecular complexity index is 419. The molecule has 0 amide bonds. The molecule has 3 heteroatoms. The summed E-state index contributed by atoms with van der Waals surface area (Å²) in [6.07, 6.45) is 4.61. The Hall–Kier alpha value is -0.570. The lowest BCUT2D eigenvalue weighted by Crippen LogP contribution is -2.25. The number of hydrogen-bond acceptors (Lipinski definition) is 2. The van der Waals surface area contributed by atoms with Gasteiger partial charge in [-0.05, 0) is 63.6 Å². The molecule has 1 aromatic carbocycles. The highest BCUT2D eigenvalue weighted by molar-refractivity contribution is 6.31. The van der Waals surface area contributed by atoms with Gasteiger partial charge in [-0.3, -0.25) is 0 Å². The first kappa shape index (κ1) is 14.8. The highest BCUT2D eigenvalue weighted by Crippen LogP contribution is 2.33. The van der Waals surface area contributed by atoms with Gasteiger partial charge in [-0.15, -0.1) is 0 Å². The van der Waals surface area contributed by atoms with Gasteiger partial charge in [0, 0.05) is 5.02 Å². The van der Waals surface area contributed by atoms with Crippen LogP contribution in [0.3, 0.4) is 0 Å². The zero-order valence-electron chi connectivity index (χ0n) is 11.9. The van der Waals surface area contributed by atoms with E-state index >= 15 is 0 Å². The lowest BCUT2D eigenvalue weighted by molar-refractivity contribution is -0.0240. The van der Waals surface area contributed by atoms with E-state index in [0.717, 1.165) is 30.7 Å². The van der Waals surface area contributed by atoms with Gasteiger partial charge in [-0.1, -0.05) is 29.8 Å². The molecule has 0 spiro atoms. The van der Waals surface area contributed by atoms with Crippen LogP contribution in [0, 0.1) is 5.92 Å². The maximum Gasteiger partial charge on any atom is 0.0631 e. The Labute approximate surface area is 121 Å². The predicted molar refractivity (Wildman–Crippen MR) is 80.5 cm³/mol. The van der Waals surface area contributed by atoms with Gasteiger partial charge in [0.15, 0.2) is 0 Å². The van der Waals surface area contributed by atoms with Crippen molar-refractivity contribution in [2.24, 2.45) is 11.7 Å². The molecular formula is C16H24ClNO. The Morgan fingerprint density at radius 1 is 1.42 bits per heavy atom. The second-order valence-corrected chi connectivity index (χ2v) is 6.58. The molecule has 0 aliphatic carbocycles. The Balaban J connectivity index is 1.93. The lowest BCUT2D eigenvalue weighted by Gasteiger charge is -2.23. The number of rotatable bonds is 5. The molecule has 1 aliphatic rings. The van der Waals surface area contributed by atoms with Crippen molar-refractivity contribution in [3.63, 3.8) is 0 Å². The SMILES string of the molecule is CC1(C)CCC(CC(CN)Cc2ccccc2Cl)O1. The largest absolute Gasteiger partial charge is 0.372 e. The fourth-order valence-electron chi connectivity index (χ4n) is 2.85. The van der Waals surface area contributed by atoms with Crippen LogP contribution < -0.4 is 5.73 Å². The van der Waals surface area contributed by atoms with E-state index < -0.39 is 0 Å². The number of benzene rings is 1. The van der Waals surface area contributed by atoms with Crippen LogP contribution in [0.2, 0.25) is 5.02 Å². The Morgan fingerprint density at radius 2 is 2.16 bits per heavy atom. The first-order valence-corrected chi connectivity index (χ1v) is 7.49. The van der Waals surface area contributed by atoms with E-state index in [4.69, 9.17) is 22.1 Å².